The summed E-state index contributed by atoms with van der Waals surface area (Å²) in [4.78, 5) is 35.4. The highest BCUT2D eigenvalue weighted by Crippen LogP contribution is 2.15. The number of rotatable bonds is 9. The number of unbranched alkanes of at least 4 members (excludes halogenated alkanes) is 1. The van der Waals surface area contributed by atoms with E-state index in [2.05, 4.69) is 21.2 Å². The van der Waals surface area contributed by atoms with Crippen LogP contribution in [0.15, 0.2) is 47.6 Å². The third-order valence-corrected chi connectivity index (χ3v) is 4.14. The predicted octanol–water partition coefficient (Wildman–Crippen LogP) is 2.69. The van der Waals surface area contributed by atoms with Crippen LogP contribution in [0.2, 0.25) is 0 Å². The smallest absolute Gasteiger partial charge is 0.329 e. The SMILES string of the molecule is CCCCNC(=O)C(=O)N/N=C\c1cccc(OCC(=O)Nc2cc(C)cc(C)c2)c1. The van der Waals surface area contributed by atoms with Crippen LogP contribution in [0.25, 0.3) is 0 Å². The van der Waals surface area contributed by atoms with E-state index in [9.17, 15) is 14.4 Å². The van der Waals surface area contributed by atoms with Gasteiger partial charge in [-0.05, 0) is 61.2 Å². The summed E-state index contributed by atoms with van der Waals surface area (Å²) in [7, 11) is 0. The number of hydrogen-bond donors (Lipinski definition) is 3. The van der Waals surface area contributed by atoms with Gasteiger partial charge in [0.1, 0.15) is 5.75 Å². The lowest BCUT2D eigenvalue weighted by molar-refractivity contribution is -0.139. The van der Waals surface area contributed by atoms with Crippen molar-refractivity contribution < 1.29 is 19.1 Å². The average molecular weight is 425 g/mol. The van der Waals surface area contributed by atoms with E-state index < -0.39 is 11.8 Å². The van der Waals surface area contributed by atoms with Crippen LogP contribution < -0.4 is 20.8 Å². The lowest BCUT2D eigenvalue weighted by atomic mass is 10.1. The molecule has 0 aliphatic carbocycles. The molecular weight excluding hydrogens is 396 g/mol. The highest BCUT2D eigenvalue weighted by molar-refractivity contribution is 6.35. The van der Waals surface area contributed by atoms with Gasteiger partial charge >= 0.3 is 11.8 Å². The first-order chi connectivity index (χ1) is 14.9. The summed E-state index contributed by atoms with van der Waals surface area (Å²) >= 11 is 0. The number of anilines is 1. The van der Waals surface area contributed by atoms with Crippen LogP contribution >= 0.6 is 0 Å². The van der Waals surface area contributed by atoms with Crippen molar-refractivity contribution in [2.75, 3.05) is 18.5 Å². The molecule has 2 aromatic carbocycles. The normalized spacial score (nSPS) is 10.5. The van der Waals surface area contributed by atoms with Gasteiger partial charge in [-0.15, -0.1) is 0 Å². The largest absolute Gasteiger partial charge is 0.484 e. The number of aryl methyl sites for hydroxylation is 2. The molecule has 3 amide bonds. The molecule has 0 saturated heterocycles. The van der Waals surface area contributed by atoms with Crippen molar-refractivity contribution in [3.8, 4) is 5.75 Å². The van der Waals surface area contributed by atoms with Gasteiger partial charge in [0.2, 0.25) is 0 Å². The van der Waals surface area contributed by atoms with Gasteiger partial charge in [-0.3, -0.25) is 14.4 Å². The van der Waals surface area contributed by atoms with Crippen molar-refractivity contribution in [2.45, 2.75) is 33.6 Å². The minimum Gasteiger partial charge on any atom is -0.484 e. The van der Waals surface area contributed by atoms with Gasteiger partial charge in [0.15, 0.2) is 6.61 Å². The molecule has 0 atom stereocenters. The second-order valence-electron chi connectivity index (χ2n) is 7.09. The Morgan fingerprint density at radius 1 is 1.03 bits per heavy atom. The Morgan fingerprint density at radius 2 is 1.77 bits per heavy atom. The predicted molar refractivity (Wildman–Crippen MR) is 120 cm³/mol. The Bertz CT molecular complexity index is 936. The number of benzene rings is 2. The van der Waals surface area contributed by atoms with Crippen molar-refractivity contribution in [2.24, 2.45) is 5.10 Å². The Kier molecular flexibility index (Phi) is 9.22. The first-order valence-corrected chi connectivity index (χ1v) is 10.1. The number of nitrogens with zero attached hydrogens (tertiary/aromatic N) is 1. The minimum absolute atomic E-state index is 0.151. The van der Waals surface area contributed by atoms with Crippen molar-refractivity contribution in [1.29, 1.82) is 0 Å². The van der Waals surface area contributed by atoms with Gasteiger partial charge in [0.25, 0.3) is 5.91 Å². The molecule has 164 valence electrons. The van der Waals surface area contributed by atoms with Crippen molar-refractivity contribution >= 4 is 29.6 Å². The van der Waals surface area contributed by atoms with E-state index in [1.165, 1.54) is 6.21 Å². The molecule has 0 heterocycles. The van der Waals surface area contributed by atoms with E-state index in [1.54, 1.807) is 24.3 Å². The molecule has 0 radical (unpaired) electrons. The number of amides is 3. The molecule has 8 nitrogen and oxygen atoms in total. The number of nitrogens with one attached hydrogen (secondary N) is 3. The minimum atomic E-state index is -0.831. The molecule has 2 rings (SSSR count). The first-order valence-electron chi connectivity index (χ1n) is 10.1. The molecule has 0 aliphatic rings. The molecule has 31 heavy (non-hydrogen) atoms. The lowest BCUT2D eigenvalue weighted by Gasteiger charge is -2.09. The monoisotopic (exact) mass is 424 g/mol. The summed E-state index contributed by atoms with van der Waals surface area (Å²) < 4.78 is 5.54. The van der Waals surface area contributed by atoms with Gasteiger partial charge in [-0.25, -0.2) is 5.43 Å². The fraction of sp³-hybridized carbons (Fsp3) is 0.304. The summed E-state index contributed by atoms with van der Waals surface area (Å²) in [5.41, 5.74) is 5.67. The average Bonchev–Trinajstić information content (AvgIpc) is 2.72. The summed E-state index contributed by atoms with van der Waals surface area (Å²) in [5, 5.41) is 9.10. The van der Waals surface area contributed by atoms with E-state index in [-0.39, 0.29) is 12.5 Å². The fourth-order valence-corrected chi connectivity index (χ4v) is 2.75. The van der Waals surface area contributed by atoms with Crippen molar-refractivity contribution in [1.82, 2.24) is 10.7 Å². The van der Waals surface area contributed by atoms with Gasteiger partial charge < -0.3 is 15.4 Å². The Morgan fingerprint density at radius 3 is 2.48 bits per heavy atom. The van der Waals surface area contributed by atoms with Gasteiger partial charge in [-0.1, -0.05) is 31.5 Å². The number of carbonyl (C=O) groups is 3. The number of ether oxygens (including phenoxy) is 1. The first kappa shape index (κ1) is 23.6. The maximum Gasteiger partial charge on any atom is 0.329 e. The topological polar surface area (TPSA) is 109 Å². The zero-order chi connectivity index (χ0) is 22.6. The Labute approximate surface area is 182 Å². The molecule has 0 aromatic heterocycles. The van der Waals surface area contributed by atoms with Gasteiger partial charge in [-0.2, -0.15) is 5.10 Å². The summed E-state index contributed by atoms with van der Waals surface area (Å²) in [6.07, 6.45) is 3.11. The van der Waals surface area contributed by atoms with E-state index >= 15 is 0 Å². The van der Waals surface area contributed by atoms with E-state index in [0.29, 0.717) is 17.9 Å². The van der Waals surface area contributed by atoms with Crippen molar-refractivity contribution in [3.05, 3.63) is 59.2 Å². The third kappa shape index (κ3) is 8.69. The lowest BCUT2D eigenvalue weighted by Crippen LogP contribution is -2.38. The molecule has 0 bridgehead atoms. The van der Waals surface area contributed by atoms with Crippen LogP contribution in [0.5, 0.6) is 5.75 Å². The van der Waals surface area contributed by atoms with Crippen LogP contribution in [0.4, 0.5) is 5.69 Å². The molecular formula is C23H28N4O4. The van der Waals surface area contributed by atoms with E-state index in [0.717, 1.165) is 29.7 Å². The van der Waals surface area contributed by atoms with Gasteiger partial charge in [0.05, 0.1) is 6.21 Å². The van der Waals surface area contributed by atoms with E-state index in [1.807, 2.05) is 39.0 Å². The van der Waals surface area contributed by atoms with E-state index in [4.69, 9.17) is 4.74 Å². The van der Waals surface area contributed by atoms with Crippen molar-refractivity contribution in [3.63, 3.8) is 0 Å². The second kappa shape index (κ2) is 12.1. The molecule has 8 heteroatoms. The molecule has 0 fully saturated rings. The maximum atomic E-state index is 12.2. The molecule has 0 saturated carbocycles. The van der Waals surface area contributed by atoms with Crippen LogP contribution in [0, 0.1) is 13.8 Å². The standard InChI is InChI=1S/C23H28N4O4/c1-4-5-9-24-22(29)23(30)27-25-14-18-7-6-8-20(13-18)31-15-21(28)26-19-11-16(2)10-17(3)12-19/h6-8,10-14H,4-5,9,15H2,1-3H3,(H,24,29)(H,26,28)(H,27,30)/b25-14-. The van der Waals surface area contributed by atoms with Crippen LogP contribution in [0.1, 0.15) is 36.5 Å². The highest BCUT2D eigenvalue weighted by atomic mass is 16.5. The van der Waals surface area contributed by atoms with Crippen LogP contribution in [-0.4, -0.2) is 37.1 Å². The Hall–Kier alpha value is -3.68. The fourth-order valence-electron chi connectivity index (χ4n) is 2.75. The molecule has 3 N–H and O–H groups in total. The third-order valence-electron chi connectivity index (χ3n) is 4.14. The molecule has 0 spiro atoms. The quantitative estimate of drug-likeness (QED) is 0.249. The second-order valence-corrected chi connectivity index (χ2v) is 7.09. The summed E-state index contributed by atoms with van der Waals surface area (Å²) in [6, 6.07) is 12.7. The molecule has 2 aromatic rings. The zero-order valence-corrected chi connectivity index (χ0v) is 18.0. The van der Waals surface area contributed by atoms with Gasteiger partial charge in [0, 0.05) is 12.2 Å². The molecule has 0 unspecified atom stereocenters. The molecule has 0 aliphatic heterocycles. The highest BCUT2D eigenvalue weighted by Gasteiger charge is 2.11. The summed E-state index contributed by atoms with van der Waals surface area (Å²) in [6.45, 7) is 6.22. The van der Waals surface area contributed by atoms with Crippen LogP contribution in [-0.2, 0) is 14.4 Å². The summed E-state index contributed by atoms with van der Waals surface area (Å²) in [5.74, 6) is -1.35. The van der Waals surface area contributed by atoms with Crippen LogP contribution in [0.3, 0.4) is 0 Å². The zero-order valence-electron chi connectivity index (χ0n) is 18.0. The Balaban J connectivity index is 1.83. The maximum absolute atomic E-state index is 12.2. The number of hydrogen-bond acceptors (Lipinski definition) is 5. The number of hydrazone groups is 1. The number of carbonyl (C=O) groups excluding carboxylic acids is 3.